The summed E-state index contributed by atoms with van der Waals surface area (Å²) in [5.41, 5.74) is 7.03. The summed E-state index contributed by atoms with van der Waals surface area (Å²) in [6, 6.07) is 15.3. The van der Waals surface area contributed by atoms with Crippen molar-refractivity contribution in [3.8, 4) is 0 Å². The number of fused-ring (bicyclic) bond motifs is 1. The third-order valence-electron chi connectivity index (χ3n) is 5.14. The molecule has 0 radical (unpaired) electrons. The molecule has 0 spiro atoms. The summed E-state index contributed by atoms with van der Waals surface area (Å²) in [6.07, 6.45) is 2.81. The molecule has 1 unspecified atom stereocenters. The van der Waals surface area contributed by atoms with E-state index in [1.54, 1.807) is 6.21 Å². The fourth-order valence-corrected chi connectivity index (χ4v) is 4.03. The van der Waals surface area contributed by atoms with E-state index < -0.39 is 0 Å². The van der Waals surface area contributed by atoms with Crippen LogP contribution in [0.5, 0.6) is 0 Å². The molecule has 1 aliphatic rings. The van der Waals surface area contributed by atoms with E-state index in [0.717, 1.165) is 24.2 Å². The maximum Gasteiger partial charge on any atom is 0.339 e. The van der Waals surface area contributed by atoms with E-state index in [1.165, 1.54) is 11.3 Å². The second-order valence-corrected chi connectivity index (χ2v) is 7.67. The molecule has 5 heteroatoms. The first-order chi connectivity index (χ1) is 12.9. The Kier molecular flexibility index (Phi) is 5.49. The quantitative estimate of drug-likeness (QED) is 0.595. The number of rotatable bonds is 4. The Morgan fingerprint density at radius 1 is 1.26 bits per heavy atom. The van der Waals surface area contributed by atoms with Crippen LogP contribution < -0.4 is 15.6 Å². The molecule has 0 bridgehead atoms. The first-order valence-electron chi connectivity index (χ1n) is 9.47. The second-order valence-electron chi connectivity index (χ2n) is 7.67. The zero-order chi connectivity index (χ0) is 19.4. The molecule has 2 N–H and O–H groups in total. The molecule has 2 aromatic rings. The molecule has 0 saturated carbocycles. The molecule has 1 heterocycles. The lowest BCUT2D eigenvalue weighted by Crippen LogP contribution is -2.48. The Balaban J connectivity index is 1.69. The van der Waals surface area contributed by atoms with Crippen molar-refractivity contribution in [1.29, 1.82) is 0 Å². The van der Waals surface area contributed by atoms with Gasteiger partial charge in [0.15, 0.2) is 0 Å². The Bertz CT molecular complexity index is 829. The lowest BCUT2D eigenvalue weighted by atomic mass is 9.79. The predicted molar refractivity (Wildman–Crippen MR) is 113 cm³/mol. The van der Waals surface area contributed by atoms with E-state index in [2.05, 4.69) is 66.6 Å². The van der Waals surface area contributed by atoms with Gasteiger partial charge in [-0.05, 0) is 68.5 Å². The SMILES string of the molecule is CCN1c2ccc(/C=N\NC(=O)Nc3ccccc3)cc2C(C)CC1(C)C. The van der Waals surface area contributed by atoms with Crippen LogP contribution in [-0.4, -0.2) is 24.3 Å². The Hall–Kier alpha value is -2.82. The van der Waals surface area contributed by atoms with Gasteiger partial charge in [-0.2, -0.15) is 5.10 Å². The van der Waals surface area contributed by atoms with Crippen molar-refractivity contribution in [1.82, 2.24) is 5.43 Å². The van der Waals surface area contributed by atoms with Crippen molar-refractivity contribution in [2.45, 2.75) is 45.6 Å². The molecule has 2 amide bonds. The van der Waals surface area contributed by atoms with Crippen LogP contribution in [0.1, 0.15) is 51.2 Å². The Labute approximate surface area is 161 Å². The van der Waals surface area contributed by atoms with Gasteiger partial charge in [-0.3, -0.25) is 0 Å². The fraction of sp³-hybridized carbons (Fsp3) is 0.364. The number of carbonyl (C=O) groups excluding carboxylic acids is 1. The number of para-hydroxylation sites is 1. The molecule has 3 rings (SSSR count). The van der Waals surface area contributed by atoms with E-state index in [1.807, 2.05) is 30.3 Å². The highest BCUT2D eigenvalue weighted by molar-refractivity contribution is 5.90. The summed E-state index contributed by atoms with van der Waals surface area (Å²) in [7, 11) is 0. The van der Waals surface area contributed by atoms with E-state index in [0.29, 0.717) is 5.92 Å². The largest absolute Gasteiger partial charge is 0.366 e. The summed E-state index contributed by atoms with van der Waals surface area (Å²) >= 11 is 0. The molecule has 27 heavy (non-hydrogen) atoms. The highest BCUT2D eigenvalue weighted by atomic mass is 16.2. The predicted octanol–water partition coefficient (Wildman–Crippen LogP) is 4.95. The molecular weight excluding hydrogens is 336 g/mol. The standard InChI is InChI=1S/C22H28N4O/c1-5-26-20-12-11-17(13-19(20)16(2)14-22(26,3)4)15-23-25-21(27)24-18-9-7-6-8-10-18/h6-13,15-16H,5,14H2,1-4H3,(H2,24,25,27)/b23-15-. The van der Waals surface area contributed by atoms with Gasteiger partial charge >= 0.3 is 6.03 Å². The number of nitrogens with one attached hydrogen (secondary N) is 2. The second kappa shape index (κ2) is 7.82. The summed E-state index contributed by atoms with van der Waals surface area (Å²) < 4.78 is 0. The van der Waals surface area contributed by atoms with Crippen LogP contribution in [0.3, 0.4) is 0 Å². The van der Waals surface area contributed by atoms with Crippen molar-refractivity contribution in [2.75, 3.05) is 16.8 Å². The molecule has 0 aromatic heterocycles. The number of carbonyl (C=O) groups is 1. The summed E-state index contributed by atoms with van der Waals surface area (Å²) in [5.74, 6) is 0.487. The summed E-state index contributed by atoms with van der Waals surface area (Å²) in [5, 5.41) is 6.82. The molecule has 2 aromatic carbocycles. The van der Waals surface area contributed by atoms with E-state index in [4.69, 9.17) is 0 Å². The minimum absolute atomic E-state index is 0.161. The number of anilines is 2. The first-order valence-corrected chi connectivity index (χ1v) is 9.47. The monoisotopic (exact) mass is 364 g/mol. The number of hydrazone groups is 1. The normalized spacial score (nSPS) is 18.2. The Morgan fingerprint density at radius 2 is 2.00 bits per heavy atom. The van der Waals surface area contributed by atoms with Crippen molar-refractivity contribution >= 4 is 23.6 Å². The van der Waals surface area contributed by atoms with Crippen LogP contribution in [0, 0.1) is 0 Å². The highest BCUT2D eigenvalue weighted by Gasteiger charge is 2.35. The average molecular weight is 364 g/mol. The number of amides is 2. The minimum atomic E-state index is -0.359. The van der Waals surface area contributed by atoms with Crippen LogP contribution in [0.15, 0.2) is 53.6 Å². The number of nitrogens with zero attached hydrogens (tertiary/aromatic N) is 2. The zero-order valence-corrected chi connectivity index (χ0v) is 16.5. The fourth-order valence-electron chi connectivity index (χ4n) is 4.03. The average Bonchev–Trinajstić information content (AvgIpc) is 2.62. The van der Waals surface area contributed by atoms with Gasteiger partial charge in [0.2, 0.25) is 0 Å². The van der Waals surface area contributed by atoms with Crippen LogP contribution in [0.4, 0.5) is 16.2 Å². The lowest BCUT2D eigenvalue weighted by Gasteiger charge is -2.47. The third-order valence-corrected chi connectivity index (χ3v) is 5.14. The van der Waals surface area contributed by atoms with Gasteiger partial charge in [-0.15, -0.1) is 0 Å². The maximum atomic E-state index is 11.9. The van der Waals surface area contributed by atoms with Gasteiger partial charge < -0.3 is 10.2 Å². The smallest absolute Gasteiger partial charge is 0.339 e. The lowest BCUT2D eigenvalue weighted by molar-refractivity contribution is 0.252. The number of urea groups is 1. The number of hydrogen-bond donors (Lipinski definition) is 2. The summed E-state index contributed by atoms with van der Waals surface area (Å²) in [6.45, 7) is 10.1. The molecular formula is C22H28N4O. The van der Waals surface area contributed by atoms with Gasteiger partial charge in [0.05, 0.1) is 6.21 Å². The van der Waals surface area contributed by atoms with Gasteiger partial charge in [0, 0.05) is 23.5 Å². The zero-order valence-electron chi connectivity index (χ0n) is 16.5. The van der Waals surface area contributed by atoms with Crippen LogP contribution in [0.2, 0.25) is 0 Å². The van der Waals surface area contributed by atoms with Gasteiger partial charge in [0.25, 0.3) is 0 Å². The minimum Gasteiger partial charge on any atom is -0.366 e. The Morgan fingerprint density at radius 3 is 2.70 bits per heavy atom. The number of benzene rings is 2. The number of hydrogen-bond acceptors (Lipinski definition) is 3. The van der Waals surface area contributed by atoms with Crippen molar-refractivity contribution < 1.29 is 4.79 Å². The topological polar surface area (TPSA) is 56.7 Å². The molecule has 1 atom stereocenters. The molecule has 0 saturated heterocycles. The van der Waals surface area contributed by atoms with E-state index in [9.17, 15) is 4.79 Å². The van der Waals surface area contributed by atoms with Gasteiger partial charge in [-0.25, -0.2) is 10.2 Å². The first kappa shape index (κ1) is 19.0. The van der Waals surface area contributed by atoms with Gasteiger partial charge in [-0.1, -0.05) is 31.2 Å². The molecule has 142 valence electrons. The van der Waals surface area contributed by atoms with Crippen molar-refractivity contribution in [3.63, 3.8) is 0 Å². The summed E-state index contributed by atoms with van der Waals surface area (Å²) in [4.78, 5) is 14.4. The molecule has 0 fully saturated rings. The van der Waals surface area contributed by atoms with E-state index in [-0.39, 0.29) is 11.6 Å². The molecule has 5 nitrogen and oxygen atoms in total. The highest BCUT2D eigenvalue weighted by Crippen LogP contribution is 2.43. The molecule has 0 aliphatic carbocycles. The maximum absolute atomic E-state index is 11.9. The van der Waals surface area contributed by atoms with Gasteiger partial charge in [0.1, 0.15) is 0 Å². The van der Waals surface area contributed by atoms with Crippen LogP contribution >= 0.6 is 0 Å². The van der Waals surface area contributed by atoms with Crippen molar-refractivity contribution in [3.05, 3.63) is 59.7 Å². The van der Waals surface area contributed by atoms with E-state index >= 15 is 0 Å². The third kappa shape index (κ3) is 4.30. The van der Waals surface area contributed by atoms with Crippen molar-refractivity contribution in [2.24, 2.45) is 5.10 Å². The van der Waals surface area contributed by atoms with Crippen LogP contribution in [0.25, 0.3) is 0 Å². The van der Waals surface area contributed by atoms with Crippen LogP contribution in [-0.2, 0) is 0 Å². The molecule has 1 aliphatic heterocycles.